The van der Waals surface area contributed by atoms with Gasteiger partial charge in [0.2, 0.25) is 0 Å². The van der Waals surface area contributed by atoms with Gasteiger partial charge >= 0.3 is 0 Å². The summed E-state index contributed by atoms with van der Waals surface area (Å²) < 4.78 is 3.34. The number of anilines is 1. The van der Waals surface area contributed by atoms with E-state index in [1.807, 2.05) is 36.4 Å². The average molecular weight is 473 g/mol. The van der Waals surface area contributed by atoms with Crippen molar-refractivity contribution in [3.63, 3.8) is 0 Å². The Bertz CT molecular complexity index is 906. The van der Waals surface area contributed by atoms with Crippen molar-refractivity contribution >= 4 is 47.5 Å². The van der Waals surface area contributed by atoms with Gasteiger partial charge in [-0.1, -0.05) is 42.5 Å². The van der Waals surface area contributed by atoms with Crippen LogP contribution in [0.3, 0.4) is 0 Å². The number of nitrogens with two attached hydrogens (primary N) is 1. The number of hydrogen-bond donors (Lipinski definition) is 5. The van der Waals surface area contributed by atoms with E-state index in [0.29, 0.717) is 11.5 Å². The van der Waals surface area contributed by atoms with Crippen molar-refractivity contribution in [2.45, 2.75) is 17.4 Å². The van der Waals surface area contributed by atoms with Gasteiger partial charge in [-0.3, -0.25) is 4.98 Å². The first-order chi connectivity index (χ1) is 15.1. The van der Waals surface area contributed by atoms with E-state index in [2.05, 4.69) is 51.9 Å². The highest BCUT2D eigenvalue weighted by molar-refractivity contribution is 8.00. The lowest BCUT2D eigenvalue weighted by molar-refractivity contribution is 0.174. The number of benzene rings is 2. The monoisotopic (exact) mass is 472 g/mol. The molecule has 31 heavy (non-hydrogen) atoms. The Hall–Kier alpha value is -2.10. The van der Waals surface area contributed by atoms with Gasteiger partial charge in [0.15, 0.2) is 0 Å². The maximum atomic E-state index is 10.1. The topological polar surface area (TPSA) is 83.2 Å². The molecule has 3 aromatic rings. The summed E-state index contributed by atoms with van der Waals surface area (Å²) in [6.45, 7) is 1.31. The molecule has 0 bridgehead atoms. The Morgan fingerprint density at radius 1 is 1.13 bits per heavy atom. The summed E-state index contributed by atoms with van der Waals surface area (Å²) in [5.74, 6) is 0. The number of aliphatic hydroxyl groups is 1. The van der Waals surface area contributed by atoms with E-state index in [0.717, 1.165) is 34.7 Å². The second-order valence-corrected chi connectivity index (χ2v) is 7.87. The third-order valence-electron chi connectivity index (χ3n) is 4.38. The maximum Gasteiger partial charge on any atom is 0.103 e. The zero-order valence-electron chi connectivity index (χ0n) is 17.4. The molecule has 5 nitrogen and oxygen atoms in total. The van der Waals surface area contributed by atoms with E-state index in [4.69, 9.17) is 18.0 Å². The molecule has 164 valence electrons. The number of aromatic nitrogens is 1. The van der Waals surface area contributed by atoms with Crippen LogP contribution >= 0.6 is 36.8 Å². The van der Waals surface area contributed by atoms with E-state index in [9.17, 15) is 5.11 Å². The normalized spacial score (nSPS) is 11.2. The van der Waals surface area contributed by atoms with E-state index in [-0.39, 0.29) is 0 Å². The molecule has 8 heteroatoms. The van der Waals surface area contributed by atoms with Gasteiger partial charge < -0.3 is 20.9 Å². The Morgan fingerprint density at radius 3 is 2.45 bits per heavy atom. The molecule has 0 spiro atoms. The number of nitrogens with one attached hydrogen (secondary N) is 2. The van der Waals surface area contributed by atoms with E-state index in [1.165, 1.54) is 5.56 Å². The van der Waals surface area contributed by atoms with Gasteiger partial charge in [0.05, 0.1) is 6.10 Å². The largest absolute Gasteiger partial charge is 0.389 e. The molecule has 1 unspecified atom stereocenters. The average Bonchev–Trinajstić information content (AvgIpc) is 2.83. The fraction of sp³-hybridized carbons (Fsp3) is 0.217. The van der Waals surface area contributed by atoms with Crippen molar-refractivity contribution in [1.29, 1.82) is 0 Å². The number of rotatable bonds is 10. The SMILES string of the molecule is CS.NC(=S)c1ccc(SNc2ccc(CCNCC(O)c3cccnc3)cc2)cc1. The van der Waals surface area contributed by atoms with Gasteiger partial charge in [-0.25, -0.2) is 0 Å². The minimum atomic E-state index is -0.540. The van der Waals surface area contributed by atoms with E-state index >= 15 is 0 Å². The summed E-state index contributed by atoms with van der Waals surface area (Å²) in [7, 11) is 0. The van der Waals surface area contributed by atoms with Gasteiger partial charge in [0.1, 0.15) is 4.99 Å². The van der Waals surface area contributed by atoms with Crippen molar-refractivity contribution in [3.05, 3.63) is 89.7 Å². The number of thiocarbonyl (C=S) groups is 1. The smallest absolute Gasteiger partial charge is 0.103 e. The van der Waals surface area contributed by atoms with Gasteiger partial charge in [-0.15, -0.1) is 0 Å². The highest BCUT2D eigenvalue weighted by Crippen LogP contribution is 2.22. The molecule has 0 fully saturated rings. The third-order valence-corrected chi connectivity index (χ3v) is 5.46. The van der Waals surface area contributed by atoms with Gasteiger partial charge in [0.25, 0.3) is 0 Å². The standard InChI is InChI=1S/C22H24N4OS2.CH4S/c23-22(28)17-5-9-20(10-6-17)29-26-19-7-3-16(4-8-19)11-13-25-15-21(27)18-2-1-12-24-14-18;1-2/h1-10,12,14,21,25-27H,11,13,15H2,(H2,23,28);2H,1H3. The summed E-state index contributed by atoms with van der Waals surface area (Å²) in [6.07, 6.45) is 5.45. The number of aliphatic hydroxyl groups excluding tert-OH is 1. The summed E-state index contributed by atoms with van der Waals surface area (Å²) in [6, 6.07) is 19.9. The number of pyridine rings is 1. The lowest BCUT2D eigenvalue weighted by Gasteiger charge is -2.12. The Morgan fingerprint density at radius 2 is 1.84 bits per heavy atom. The summed E-state index contributed by atoms with van der Waals surface area (Å²) >= 11 is 10.0. The molecular formula is C23H28N4OS3. The molecule has 1 atom stereocenters. The Balaban J connectivity index is 0.00000166. The van der Waals surface area contributed by atoms with Gasteiger partial charge in [-0.05, 0) is 67.1 Å². The molecule has 0 radical (unpaired) electrons. The summed E-state index contributed by atoms with van der Waals surface area (Å²) in [4.78, 5) is 5.53. The predicted octanol–water partition coefficient (Wildman–Crippen LogP) is 4.25. The van der Waals surface area contributed by atoms with Crippen LogP contribution in [0.2, 0.25) is 0 Å². The molecule has 1 heterocycles. The van der Waals surface area contributed by atoms with Crippen LogP contribution in [0.4, 0.5) is 5.69 Å². The van der Waals surface area contributed by atoms with Gasteiger partial charge in [-0.2, -0.15) is 12.6 Å². The zero-order valence-corrected chi connectivity index (χ0v) is 19.9. The second-order valence-electron chi connectivity index (χ2n) is 6.55. The molecule has 0 aliphatic heterocycles. The minimum Gasteiger partial charge on any atom is -0.389 e. The molecule has 0 aliphatic carbocycles. The van der Waals surface area contributed by atoms with Crippen LogP contribution in [-0.2, 0) is 6.42 Å². The predicted molar refractivity (Wildman–Crippen MR) is 139 cm³/mol. The Kier molecular flexibility index (Phi) is 11.4. The first kappa shape index (κ1) is 25.2. The highest BCUT2D eigenvalue weighted by atomic mass is 32.2. The lowest BCUT2D eigenvalue weighted by Crippen LogP contribution is -2.23. The first-order valence-corrected chi connectivity index (χ1v) is 11.9. The van der Waals surface area contributed by atoms with Crippen LogP contribution in [0.15, 0.2) is 78.0 Å². The number of thiol groups is 1. The molecule has 0 aliphatic rings. The number of hydrogen-bond acceptors (Lipinski definition) is 7. The summed E-state index contributed by atoms with van der Waals surface area (Å²) in [5.41, 5.74) is 9.59. The quantitative estimate of drug-likeness (QED) is 0.131. The van der Waals surface area contributed by atoms with Crippen molar-refractivity contribution in [2.75, 3.05) is 24.1 Å². The highest BCUT2D eigenvalue weighted by Gasteiger charge is 2.06. The van der Waals surface area contributed by atoms with Crippen molar-refractivity contribution in [3.8, 4) is 0 Å². The third kappa shape index (κ3) is 8.88. The second kappa shape index (κ2) is 14.1. The summed E-state index contributed by atoms with van der Waals surface area (Å²) in [5, 5.41) is 13.4. The van der Waals surface area contributed by atoms with Gasteiger partial charge in [0, 0.05) is 40.6 Å². The minimum absolute atomic E-state index is 0.408. The molecule has 0 saturated carbocycles. The lowest BCUT2D eigenvalue weighted by atomic mass is 10.1. The van der Waals surface area contributed by atoms with Crippen LogP contribution in [0.5, 0.6) is 0 Å². The maximum absolute atomic E-state index is 10.1. The fourth-order valence-electron chi connectivity index (χ4n) is 2.71. The van der Waals surface area contributed by atoms with Crippen LogP contribution in [-0.4, -0.2) is 34.4 Å². The van der Waals surface area contributed by atoms with E-state index < -0.39 is 6.10 Å². The molecule has 0 saturated heterocycles. The van der Waals surface area contributed by atoms with Crippen LogP contribution in [0.1, 0.15) is 22.8 Å². The zero-order chi connectivity index (χ0) is 22.5. The van der Waals surface area contributed by atoms with Crippen molar-refractivity contribution in [2.24, 2.45) is 5.73 Å². The van der Waals surface area contributed by atoms with Crippen molar-refractivity contribution in [1.82, 2.24) is 10.3 Å². The van der Waals surface area contributed by atoms with Crippen LogP contribution in [0.25, 0.3) is 0 Å². The molecule has 2 aromatic carbocycles. The molecule has 1 aromatic heterocycles. The Labute approximate surface area is 199 Å². The molecule has 5 N–H and O–H groups in total. The molecule has 0 amide bonds. The molecular weight excluding hydrogens is 444 g/mol. The first-order valence-electron chi connectivity index (χ1n) is 9.77. The fourth-order valence-corrected chi connectivity index (χ4v) is 3.49. The number of nitrogens with zero attached hydrogens (tertiary/aromatic N) is 1. The van der Waals surface area contributed by atoms with Crippen LogP contribution < -0.4 is 15.8 Å². The molecule has 3 rings (SSSR count). The van der Waals surface area contributed by atoms with E-state index in [1.54, 1.807) is 30.6 Å². The van der Waals surface area contributed by atoms with Crippen molar-refractivity contribution < 1.29 is 5.11 Å². The van der Waals surface area contributed by atoms with Crippen LogP contribution in [0, 0.1) is 0 Å².